The van der Waals surface area contributed by atoms with Crippen molar-refractivity contribution in [2.45, 2.75) is 38.5 Å². The van der Waals surface area contributed by atoms with Crippen LogP contribution in [-0.4, -0.2) is 11.1 Å². The summed E-state index contributed by atoms with van der Waals surface area (Å²) in [4.78, 5) is 10.3. The van der Waals surface area contributed by atoms with E-state index in [4.69, 9.17) is 5.11 Å². The molecule has 0 fully saturated rings. The monoisotopic (exact) mass is 242 g/mol. The number of carboxylic acid groups (broad SMARTS) is 1. The first-order chi connectivity index (χ1) is 7.95. The Bertz CT molecular complexity index is 372. The molecule has 0 aliphatic rings. The van der Waals surface area contributed by atoms with Crippen molar-refractivity contribution in [3.8, 4) is 0 Å². The molecule has 0 aliphatic heterocycles. The van der Waals surface area contributed by atoms with Gasteiger partial charge in [0.25, 0.3) is 5.92 Å². The van der Waals surface area contributed by atoms with Gasteiger partial charge < -0.3 is 5.11 Å². The molecule has 1 N–H and O–H groups in total. The number of alkyl halides is 2. The second kappa shape index (κ2) is 5.75. The third-order valence-electron chi connectivity index (χ3n) is 2.68. The predicted octanol–water partition coefficient (Wildman–Crippen LogP) is 3.60. The standard InChI is InChI=1S/C13H16F2O2/c1-2-13(14,15)11-8-6-10(7-9-11)4-3-5-12(16)17/h6-9H,2-5H2,1H3,(H,16,17). The summed E-state index contributed by atoms with van der Waals surface area (Å²) in [6, 6.07) is 6.11. The van der Waals surface area contributed by atoms with Gasteiger partial charge in [-0.25, -0.2) is 8.78 Å². The topological polar surface area (TPSA) is 37.3 Å². The Hall–Kier alpha value is -1.45. The van der Waals surface area contributed by atoms with Gasteiger partial charge in [0.1, 0.15) is 0 Å². The van der Waals surface area contributed by atoms with Crippen molar-refractivity contribution in [2.75, 3.05) is 0 Å². The van der Waals surface area contributed by atoms with E-state index in [1.54, 1.807) is 12.1 Å². The molecule has 0 unspecified atom stereocenters. The minimum atomic E-state index is -2.78. The molecule has 94 valence electrons. The Morgan fingerprint density at radius 1 is 1.29 bits per heavy atom. The average Bonchev–Trinajstić information content (AvgIpc) is 2.29. The van der Waals surface area contributed by atoms with Crippen LogP contribution in [0.4, 0.5) is 8.78 Å². The summed E-state index contributed by atoms with van der Waals surface area (Å²) >= 11 is 0. The zero-order valence-electron chi connectivity index (χ0n) is 9.75. The number of aliphatic carboxylic acids is 1. The van der Waals surface area contributed by atoms with Gasteiger partial charge in [0.05, 0.1) is 0 Å². The number of carbonyl (C=O) groups is 1. The van der Waals surface area contributed by atoms with Gasteiger partial charge in [-0.05, 0) is 18.4 Å². The lowest BCUT2D eigenvalue weighted by Gasteiger charge is -2.14. The first-order valence-electron chi connectivity index (χ1n) is 5.64. The van der Waals surface area contributed by atoms with Crippen molar-refractivity contribution in [1.82, 2.24) is 0 Å². The highest BCUT2D eigenvalue weighted by molar-refractivity contribution is 5.66. The molecule has 1 aromatic rings. The molecule has 0 aromatic heterocycles. The maximum Gasteiger partial charge on any atom is 0.303 e. The van der Waals surface area contributed by atoms with Gasteiger partial charge in [0.15, 0.2) is 0 Å². The molecular weight excluding hydrogens is 226 g/mol. The maximum absolute atomic E-state index is 13.3. The zero-order chi connectivity index (χ0) is 12.9. The Kier molecular flexibility index (Phi) is 4.61. The molecular formula is C13H16F2O2. The molecule has 0 aliphatic carbocycles. The van der Waals surface area contributed by atoms with E-state index in [1.807, 2.05) is 0 Å². The van der Waals surface area contributed by atoms with Gasteiger partial charge in [-0.2, -0.15) is 0 Å². The van der Waals surface area contributed by atoms with E-state index in [0.29, 0.717) is 12.8 Å². The van der Waals surface area contributed by atoms with Crippen LogP contribution in [0.2, 0.25) is 0 Å². The van der Waals surface area contributed by atoms with Gasteiger partial charge in [0, 0.05) is 18.4 Å². The Balaban J connectivity index is 2.59. The number of hydrogen-bond acceptors (Lipinski definition) is 1. The van der Waals surface area contributed by atoms with Crippen LogP contribution in [0.25, 0.3) is 0 Å². The number of hydrogen-bond donors (Lipinski definition) is 1. The van der Waals surface area contributed by atoms with Crippen molar-refractivity contribution in [3.05, 3.63) is 35.4 Å². The van der Waals surface area contributed by atoms with Crippen LogP contribution in [0.15, 0.2) is 24.3 Å². The van der Waals surface area contributed by atoms with E-state index >= 15 is 0 Å². The van der Waals surface area contributed by atoms with E-state index in [0.717, 1.165) is 5.56 Å². The van der Waals surface area contributed by atoms with Crippen molar-refractivity contribution in [3.63, 3.8) is 0 Å². The highest BCUT2D eigenvalue weighted by atomic mass is 19.3. The number of carboxylic acids is 1. The van der Waals surface area contributed by atoms with Crippen molar-refractivity contribution < 1.29 is 18.7 Å². The summed E-state index contributed by atoms with van der Waals surface area (Å²) in [5.41, 5.74) is 0.906. The third kappa shape index (κ3) is 4.13. The lowest BCUT2D eigenvalue weighted by molar-refractivity contribution is -0.137. The van der Waals surface area contributed by atoms with Gasteiger partial charge in [-0.15, -0.1) is 0 Å². The molecule has 0 radical (unpaired) electrons. The van der Waals surface area contributed by atoms with Crippen LogP contribution in [0.1, 0.15) is 37.3 Å². The van der Waals surface area contributed by atoms with Gasteiger partial charge in [0.2, 0.25) is 0 Å². The largest absolute Gasteiger partial charge is 0.481 e. The van der Waals surface area contributed by atoms with Gasteiger partial charge in [-0.1, -0.05) is 31.2 Å². The van der Waals surface area contributed by atoms with Crippen LogP contribution in [0.3, 0.4) is 0 Å². The number of rotatable bonds is 6. The van der Waals surface area contributed by atoms with E-state index in [2.05, 4.69) is 0 Å². The summed E-state index contributed by atoms with van der Waals surface area (Å²) in [6.07, 6.45) is 1.02. The quantitative estimate of drug-likeness (QED) is 0.827. The van der Waals surface area contributed by atoms with Gasteiger partial charge >= 0.3 is 5.97 Å². The molecule has 0 spiro atoms. The molecule has 17 heavy (non-hydrogen) atoms. The molecule has 0 amide bonds. The lowest BCUT2D eigenvalue weighted by atomic mass is 10.0. The summed E-state index contributed by atoms with van der Waals surface area (Å²) in [6.45, 7) is 1.45. The fourth-order valence-electron chi connectivity index (χ4n) is 1.56. The highest BCUT2D eigenvalue weighted by Crippen LogP contribution is 2.31. The SMILES string of the molecule is CCC(F)(F)c1ccc(CCCC(=O)O)cc1. The summed E-state index contributed by atoms with van der Waals surface area (Å²) in [7, 11) is 0. The molecule has 2 nitrogen and oxygen atoms in total. The molecule has 4 heteroatoms. The minimum absolute atomic E-state index is 0.0157. The van der Waals surface area contributed by atoms with E-state index in [9.17, 15) is 13.6 Å². The first-order valence-corrected chi connectivity index (χ1v) is 5.64. The van der Waals surface area contributed by atoms with Crippen LogP contribution in [0, 0.1) is 0 Å². The molecule has 0 atom stereocenters. The molecule has 1 aromatic carbocycles. The van der Waals surface area contributed by atoms with Crippen molar-refractivity contribution in [1.29, 1.82) is 0 Å². The summed E-state index contributed by atoms with van der Waals surface area (Å²) in [5.74, 6) is -3.61. The van der Waals surface area contributed by atoms with Crippen LogP contribution in [-0.2, 0) is 17.1 Å². The number of benzene rings is 1. The fourth-order valence-corrected chi connectivity index (χ4v) is 1.56. The van der Waals surface area contributed by atoms with Crippen LogP contribution >= 0.6 is 0 Å². The molecule has 0 saturated heterocycles. The second-order valence-corrected chi connectivity index (χ2v) is 4.00. The van der Waals surface area contributed by atoms with Crippen LogP contribution < -0.4 is 0 Å². The van der Waals surface area contributed by atoms with Gasteiger partial charge in [-0.3, -0.25) is 4.79 Å². The number of halogens is 2. The fraction of sp³-hybridized carbons (Fsp3) is 0.462. The number of aryl methyl sites for hydroxylation is 1. The Labute approximate surface area is 99.3 Å². The minimum Gasteiger partial charge on any atom is -0.481 e. The van der Waals surface area contributed by atoms with E-state index in [-0.39, 0.29) is 18.4 Å². The van der Waals surface area contributed by atoms with Crippen molar-refractivity contribution >= 4 is 5.97 Å². The second-order valence-electron chi connectivity index (χ2n) is 4.00. The van der Waals surface area contributed by atoms with E-state index < -0.39 is 11.9 Å². The van der Waals surface area contributed by atoms with E-state index in [1.165, 1.54) is 19.1 Å². The maximum atomic E-state index is 13.3. The van der Waals surface area contributed by atoms with Crippen molar-refractivity contribution in [2.24, 2.45) is 0 Å². The van der Waals surface area contributed by atoms with Crippen LogP contribution in [0.5, 0.6) is 0 Å². The summed E-state index contributed by atoms with van der Waals surface area (Å²) in [5, 5.41) is 8.48. The lowest BCUT2D eigenvalue weighted by Crippen LogP contribution is -2.11. The smallest absolute Gasteiger partial charge is 0.303 e. The highest BCUT2D eigenvalue weighted by Gasteiger charge is 2.28. The third-order valence-corrected chi connectivity index (χ3v) is 2.68. The summed E-state index contributed by atoms with van der Waals surface area (Å²) < 4.78 is 26.6. The molecule has 0 bridgehead atoms. The average molecular weight is 242 g/mol. The first kappa shape index (κ1) is 13.6. The predicted molar refractivity (Wildman–Crippen MR) is 61.2 cm³/mol. The molecule has 0 saturated carbocycles. The Morgan fingerprint density at radius 3 is 2.35 bits per heavy atom. The normalized spacial score (nSPS) is 11.5. The molecule has 1 rings (SSSR count). The molecule has 0 heterocycles. The Morgan fingerprint density at radius 2 is 1.88 bits per heavy atom. The zero-order valence-corrected chi connectivity index (χ0v) is 9.75.